The number of carbonyl (C=O) groups is 1. The summed E-state index contributed by atoms with van der Waals surface area (Å²) in [6, 6.07) is 4.03. The quantitative estimate of drug-likeness (QED) is 0.766. The molecule has 0 radical (unpaired) electrons. The number of nitriles is 1. The van der Waals surface area contributed by atoms with Gasteiger partial charge in [0.2, 0.25) is 0 Å². The van der Waals surface area contributed by atoms with Crippen LogP contribution in [0.4, 0.5) is 0 Å². The highest BCUT2D eigenvalue weighted by Crippen LogP contribution is 2.33. The van der Waals surface area contributed by atoms with Crippen molar-refractivity contribution in [1.29, 1.82) is 5.26 Å². The Labute approximate surface area is 110 Å². The third-order valence-corrected chi connectivity index (χ3v) is 3.99. The maximum Gasteiger partial charge on any atom is 0.319 e. The van der Waals surface area contributed by atoms with E-state index in [2.05, 4.69) is 11.1 Å². The number of rotatable bonds is 2. The molecule has 2 heterocycles. The van der Waals surface area contributed by atoms with E-state index in [1.807, 2.05) is 26.8 Å². The first-order valence-electron chi connectivity index (χ1n) is 5.76. The molecule has 1 aromatic rings. The number of esters is 1. The number of ether oxygens (including phenoxy) is 1. The summed E-state index contributed by atoms with van der Waals surface area (Å²) in [5.41, 5.74) is 2.30. The Morgan fingerprint density at radius 1 is 1.56 bits per heavy atom. The molecule has 0 spiro atoms. The Hall–Kier alpha value is -1.54. The largest absolute Gasteiger partial charge is 0.462 e. The molecule has 1 aromatic heterocycles. The minimum Gasteiger partial charge on any atom is -0.462 e. The van der Waals surface area contributed by atoms with Crippen molar-refractivity contribution in [3.8, 4) is 6.07 Å². The number of aromatic nitrogens is 1. The standard InChI is InChI=1S/C13H14N2O2S/c1-7-4-8(2)15-12(10(7)6-14)18-11-5-9(3)17-13(11)16/h4,9,11H,5H2,1-3H3/t9-,11-/m0/s1. The summed E-state index contributed by atoms with van der Waals surface area (Å²) in [5, 5.41) is 9.54. The zero-order valence-electron chi connectivity index (χ0n) is 10.6. The van der Waals surface area contributed by atoms with Gasteiger partial charge in [0.1, 0.15) is 22.4 Å². The summed E-state index contributed by atoms with van der Waals surface area (Å²) >= 11 is 1.33. The number of pyridine rings is 1. The van der Waals surface area contributed by atoms with E-state index in [9.17, 15) is 4.79 Å². The van der Waals surface area contributed by atoms with Gasteiger partial charge >= 0.3 is 5.97 Å². The first-order chi connectivity index (χ1) is 8.51. The first kappa shape index (κ1) is 12.9. The average molecular weight is 262 g/mol. The molecule has 0 aliphatic carbocycles. The lowest BCUT2D eigenvalue weighted by atomic mass is 10.1. The second-order valence-electron chi connectivity index (χ2n) is 4.46. The molecule has 1 aliphatic heterocycles. The van der Waals surface area contributed by atoms with E-state index in [0.717, 1.165) is 11.3 Å². The smallest absolute Gasteiger partial charge is 0.319 e. The van der Waals surface area contributed by atoms with Crippen molar-refractivity contribution in [3.05, 3.63) is 22.9 Å². The van der Waals surface area contributed by atoms with Crippen LogP contribution in [-0.4, -0.2) is 22.3 Å². The second kappa shape index (κ2) is 4.99. The Morgan fingerprint density at radius 2 is 2.28 bits per heavy atom. The lowest BCUT2D eigenvalue weighted by Crippen LogP contribution is -2.10. The van der Waals surface area contributed by atoms with E-state index >= 15 is 0 Å². The molecule has 4 nitrogen and oxygen atoms in total. The van der Waals surface area contributed by atoms with Crippen molar-refractivity contribution in [2.24, 2.45) is 0 Å². The third-order valence-electron chi connectivity index (χ3n) is 2.80. The summed E-state index contributed by atoms with van der Waals surface area (Å²) < 4.78 is 5.11. The van der Waals surface area contributed by atoms with Gasteiger partial charge in [-0.1, -0.05) is 11.8 Å². The SMILES string of the molecule is Cc1cc(C)c(C#N)c(S[C@H]2C[C@H](C)OC2=O)n1. The minimum atomic E-state index is -0.249. The molecule has 1 saturated heterocycles. The highest BCUT2D eigenvalue weighted by Gasteiger charge is 2.33. The Bertz CT molecular complexity index is 537. The normalized spacial score (nSPS) is 22.7. The highest BCUT2D eigenvalue weighted by molar-refractivity contribution is 8.00. The van der Waals surface area contributed by atoms with Crippen LogP contribution in [-0.2, 0) is 9.53 Å². The molecule has 5 heteroatoms. The van der Waals surface area contributed by atoms with E-state index in [0.29, 0.717) is 17.0 Å². The Balaban J connectivity index is 2.29. The molecule has 2 rings (SSSR count). The van der Waals surface area contributed by atoms with Gasteiger partial charge in [0.15, 0.2) is 0 Å². The zero-order chi connectivity index (χ0) is 13.3. The zero-order valence-corrected chi connectivity index (χ0v) is 11.4. The van der Waals surface area contributed by atoms with E-state index in [1.54, 1.807) is 0 Å². The first-order valence-corrected chi connectivity index (χ1v) is 6.64. The molecule has 0 aromatic carbocycles. The summed E-state index contributed by atoms with van der Waals surface area (Å²) in [4.78, 5) is 16.0. The molecule has 0 saturated carbocycles. The monoisotopic (exact) mass is 262 g/mol. The summed E-state index contributed by atoms with van der Waals surface area (Å²) in [6.07, 6.45) is 0.620. The summed E-state index contributed by atoms with van der Waals surface area (Å²) in [7, 11) is 0. The van der Waals surface area contributed by atoms with Gasteiger partial charge in [-0.3, -0.25) is 4.79 Å². The number of carbonyl (C=O) groups excluding carboxylic acids is 1. The van der Waals surface area contributed by atoms with Crippen LogP contribution in [0.5, 0.6) is 0 Å². The van der Waals surface area contributed by atoms with Crippen molar-refractivity contribution in [2.75, 3.05) is 0 Å². The van der Waals surface area contributed by atoms with Crippen LogP contribution in [0, 0.1) is 25.2 Å². The third kappa shape index (κ3) is 2.49. The molecular weight excluding hydrogens is 248 g/mol. The van der Waals surface area contributed by atoms with E-state index < -0.39 is 0 Å². The van der Waals surface area contributed by atoms with Gasteiger partial charge in [0, 0.05) is 12.1 Å². The van der Waals surface area contributed by atoms with Gasteiger partial charge in [-0.25, -0.2) is 4.98 Å². The summed E-state index contributed by atoms with van der Waals surface area (Å²) in [5.74, 6) is -0.211. The molecule has 0 bridgehead atoms. The molecule has 1 aliphatic rings. The number of aryl methyl sites for hydroxylation is 2. The van der Waals surface area contributed by atoms with Gasteiger partial charge in [-0.15, -0.1) is 0 Å². The summed E-state index contributed by atoms with van der Waals surface area (Å²) in [6.45, 7) is 5.64. The van der Waals surface area contributed by atoms with Crippen molar-refractivity contribution in [3.63, 3.8) is 0 Å². The number of cyclic esters (lactones) is 1. The lowest BCUT2D eigenvalue weighted by Gasteiger charge is -2.09. The topological polar surface area (TPSA) is 63.0 Å². The fourth-order valence-electron chi connectivity index (χ4n) is 1.97. The van der Waals surface area contributed by atoms with Crippen LogP contribution in [0.2, 0.25) is 0 Å². The van der Waals surface area contributed by atoms with Gasteiger partial charge in [-0.2, -0.15) is 5.26 Å². The van der Waals surface area contributed by atoms with Crippen molar-refractivity contribution in [1.82, 2.24) is 4.98 Å². The molecule has 18 heavy (non-hydrogen) atoms. The fourth-order valence-corrected chi connectivity index (χ4v) is 3.28. The number of thioether (sulfide) groups is 1. The molecule has 94 valence electrons. The maximum absolute atomic E-state index is 11.6. The van der Waals surface area contributed by atoms with E-state index in [4.69, 9.17) is 10.00 Å². The van der Waals surface area contributed by atoms with E-state index in [-0.39, 0.29) is 17.3 Å². The van der Waals surface area contributed by atoms with Gasteiger partial charge in [0.25, 0.3) is 0 Å². The molecule has 0 amide bonds. The predicted octanol–water partition coefficient (Wildman–Crippen LogP) is 2.37. The number of nitrogens with zero attached hydrogens (tertiary/aromatic N) is 2. The molecule has 0 N–H and O–H groups in total. The van der Waals surface area contributed by atoms with Crippen LogP contribution in [0.1, 0.15) is 30.2 Å². The predicted molar refractivity (Wildman–Crippen MR) is 68.2 cm³/mol. The van der Waals surface area contributed by atoms with Crippen LogP contribution < -0.4 is 0 Å². The Morgan fingerprint density at radius 3 is 2.83 bits per heavy atom. The molecule has 2 atom stereocenters. The van der Waals surface area contributed by atoms with Crippen LogP contribution >= 0.6 is 11.8 Å². The van der Waals surface area contributed by atoms with Crippen molar-refractivity contribution >= 4 is 17.7 Å². The Kier molecular flexibility index (Phi) is 3.58. The van der Waals surface area contributed by atoms with E-state index in [1.165, 1.54) is 11.8 Å². The maximum atomic E-state index is 11.6. The number of hydrogen-bond acceptors (Lipinski definition) is 5. The van der Waals surface area contributed by atoms with Gasteiger partial charge < -0.3 is 4.74 Å². The highest BCUT2D eigenvalue weighted by atomic mass is 32.2. The van der Waals surface area contributed by atoms with Gasteiger partial charge in [0.05, 0.1) is 5.56 Å². The minimum absolute atomic E-state index is 0.0496. The van der Waals surface area contributed by atoms with Crippen LogP contribution in [0.25, 0.3) is 0 Å². The van der Waals surface area contributed by atoms with Gasteiger partial charge in [-0.05, 0) is 32.4 Å². The molecule has 0 unspecified atom stereocenters. The second-order valence-corrected chi connectivity index (χ2v) is 5.65. The van der Waals surface area contributed by atoms with Crippen LogP contribution in [0.3, 0.4) is 0 Å². The average Bonchev–Trinajstić information content (AvgIpc) is 2.57. The molecular formula is C13H14N2O2S. The van der Waals surface area contributed by atoms with Crippen LogP contribution in [0.15, 0.2) is 11.1 Å². The van der Waals surface area contributed by atoms with Crippen molar-refractivity contribution < 1.29 is 9.53 Å². The molecule has 1 fully saturated rings. The number of hydrogen-bond donors (Lipinski definition) is 0. The van der Waals surface area contributed by atoms with Crippen molar-refractivity contribution in [2.45, 2.75) is 43.6 Å². The fraction of sp³-hybridized carbons (Fsp3) is 0.462. The lowest BCUT2D eigenvalue weighted by molar-refractivity contribution is -0.140.